The predicted molar refractivity (Wildman–Crippen MR) is 39.7 cm³/mol. The van der Waals surface area contributed by atoms with Crippen LogP contribution in [0.4, 0.5) is 0 Å². The Balaban J connectivity index is 2.12. The Morgan fingerprint density at radius 1 is 0.900 bits per heavy atom. The van der Waals surface area contributed by atoms with E-state index in [-0.39, 0.29) is 0 Å². The van der Waals surface area contributed by atoms with Crippen LogP contribution in [0.1, 0.15) is 38.5 Å². The second kappa shape index (κ2) is 2.37. The minimum Gasteiger partial charge on any atom is -0.299 e. The van der Waals surface area contributed by atoms with Gasteiger partial charge in [0.1, 0.15) is 5.78 Å². The van der Waals surface area contributed by atoms with E-state index in [1.165, 1.54) is 38.5 Å². The fourth-order valence-corrected chi connectivity index (χ4v) is 2.41. The van der Waals surface area contributed by atoms with Crippen LogP contribution in [0.3, 0.4) is 0 Å². The van der Waals surface area contributed by atoms with Gasteiger partial charge in [-0.3, -0.25) is 4.79 Å². The van der Waals surface area contributed by atoms with Crippen molar-refractivity contribution in [2.45, 2.75) is 38.5 Å². The predicted octanol–water partition coefficient (Wildman–Crippen LogP) is 2.16. The summed E-state index contributed by atoms with van der Waals surface area (Å²) in [5.74, 6) is 1.55. The van der Waals surface area contributed by atoms with Gasteiger partial charge in [-0.05, 0) is 25.7 Å². The summed E-state index contributed by atoms with van der Waals surface area (Å²) in [5.41, 5.74) is 0. The summed E-state index contributed by atoms with van der Waals surface area (Å²) in [5, 5.41) is 0. The number of Topliss-reactive ketones (excluding diaryl/α,β-unsaturated/α-hetero) is 1. The molecule has 0 radical (unpaired) electrons. The SMILES string of the molecule is O=C1[C@H]2CCC[C@@H]1CCC2. The lowest BCUT2D eigenvalue weighted by molar-refractivity contribution is -0.131. The smallest absolute Gasteiger partial charge is 0.139 e. The summed E-state index contributed by atoms with van der Waals surface area (Å²) < 4.78 is 0. The summed E-state index contributed by atoms with van der Waals surface area (Å²) in [4.78, 5) is 11.4. The van der Waals surface area contributed by atoms with Crippen LogP contribution >= 0.6 is 0 Å². The van der Waals surface area contributed by atoms with Crippen LogP contribution in [0.5, 0.6) is 0 Å². The highest BCUT2D eigenvalue weighted by molar-refractivity contribution is 5.84. The number of carbonyl (C=O) groups is 1. The molecule has 2 rings (SSSR count). The van der Waals surface area contributed by atoms with E-state index >= 15 is 0 Å². The molecule has 0 heterocycles. The monoisotopic (exact) mass is 138 g/mol. The van der Waals surface area contributed by atoms with Gasteiger partial charge in [0.15, 0.2) is 0 Å². The molecule has 0 unspecified atom stereocenters. The lowest BCUT2D eigenvalue weighted by Crippen LogP contribution is -2.32. The summed E-state index contributed by atoms with van der Waals surface area (Å²) in [7, 11) is 0. The Kier molecular flexibility index (Phi) is 1.51. The lowest BCUT2D eigenvalue weighted by atomic mass is 9.71. The van der Waals surface area contributed by atoms with E-state index in [1.54, 1.807) is 0 Å². The van der Waals surface area contributed by atoms with Gasteiger partial charge >= 0.3 is 0 Å². The summed E-state index contributed by atoms with van der Waals surface area (Å²) >= 11 is 0. The minimum atomic E-state index is 0.479. The third kappa shape index (κ3) is 0.882. The fourth-order valence-electron chi connectivity index (χ4n) is 2.41. The molecule has 0 amide bonds. The average molecular weight is 138 g/mol. The van der Waals surface area contributed by atoms with Gasteiger partial charge in [-0.15, -0.1) is 0 Å². The van der Waals surface area contributed by atoms with E-state index in [9.17, 15) is 4.79 Å². The highest BCUT2D eigenvalue weighted by Crippen LogP contribution is 2.36. The third-order valence-electron chi connectivity index (χ3n) is 3.02. The summed E-state index contributed by atoms with van der Waals surface area (Å²) in [6.45, 7) is 0. The Bertz CT molecular complexity index is 127. The number of rotatable bonds is 0. The molecule has 56 valence electrons. The maximum absolute atomic E-state index is 11.4. The van der Waals surface area contributed by atoms with Crippen molar-refractivity contribution in [2.24, 2.45) is 11.8 Å². The van der Waals surface area contributed by atoms with Crippen molar-refractivity contribution in [3.8, 4) is 0 Å². The zero-order valence-electron chi connectivity index (χ0n) is 6.31. The molecule has 1 nitrogen and oxygen atoms in total. The molecule has 10 heavy (non-hydrogen) atoms. The molecule has 1 heteroatoms. The second-order valence-corrected chi connectivity index (χ2v) is 3.66. The first kappa shape index (κ1) is 6.38. The molecule has 0 saturated heterocycles. The molecule has 0 aromatic heterocycles. The number of ketones is 1. The number of fused-ring (bicyclic) bond motifs is 2. The third-order valence-corrected chi connectivity index (χ3v) is 3.02. The quantitative estimate of drug-likeness (QED) is 0.501. The van der Waals surface area contributed by atoms with E-state index in [0.717, 1.165) is 0 Å². The van der Waals surface area contributed by atoms with Crippen molar-refractivity contribution < 1.29 is 4.79 Å². The lowest BCUT2D eigenvalue weighted by Gasteiger charge is -2.32. The van der Waals surface area contributed by atoms with Crippen molar-refractivity contribution in [1.82, 2.24) is 0 Å². The molecule has 0 aliphatic heterocycles. The Morgan fingerprint density at radius 2 is 1.30 bits per heavy atom. The van der Waals surface area contributed by atoms with Crippen LogP contribution < -0.4 is 0 Å². The largest absolute Gasteiger partial charge is 0.299 e. The van der Waals surface area contributed by atoms with Crippen LogP contribution in [0.15, 0.2) is 0 Å². The first-order chi connectivity index (χ1) is 4.88. The van der Waals surface area contributed by atoms with Crippen molar-refractivity contribution in [2.75, 3.05) is 0 Å². The minimum absolute atomic E-state index is 0.479. The van der Waals surface area contributed by atoms with Gasteiger partial charge < -0.3 is 0 Å². The normalized spacial score (nSPS) is 39.8. The Hall–Kier alpha value is -0.330. The van der Waals surface area contributed by atoms with E-state index in [0.29, 0.717) is 17.6 Å². The molecular weight excluding hydrogens is 124 g/mol. The van der Waals surface area contributed by atoms with E-state index in [1.807, 2.05) is 0 Å². The van der Waals surface area contributed by atoms with Gasteiger partial charge in [-0.25, -0.2) is 0 Å². The van der Waals surface area contributed by atoms with E-state index < -0.39 is 0 Å². The molecule has 0 atom stereocenters. The Morgan fingerprint density at radius 3 is 1.60 bits per heavy atom. The standard InChI is InChI=1S/C9H14O/c10-9-7-3-1-4-8(9)6-2-5-7/h7-8H,1-6H2/t7-,8+. The molecule has 0 aromatic carbocycles. The number of carbonyl (C=O) groups excluding carboxylic acids is 1. The van der Waals surface area contributed by atoms with Crippen molar-refractivity contribution in [1.29, 1.82) is 0 Å². The van der Waals surface area contributed by atoms with E-state index in [2.05, 4.69) is 0 Å². The van der Waals surface area contributed by atoms with Crippen LogP contribution in [0.2, 0.25) is 0 Å². The van der Waals surface area contributed by atoms with E-state index in [4.69, 9.17) is 0 Å². The van der Waals surface area contributed by atoms with Gasteiger partial charge in [0, 0.05) is 11.8 Å². The van der Waals surface area contributed by atoms with Crippen LogP contribution in [-0.4, -0.2) is 5.78 Å². The van der Waals surface area contributed by atoms with Crippen LogP contribution in [-0.2, 0) is 4.79 Å². The maximum atomic E-state index is 11.4. The fraction of sp³-hybridized carbons (Fsp3) is 0.889. The van der Waals surface area contributed by atoms with Gasteiger partial charge in [0.25, 0.3) is 0 Å². The molecule has 2 fully saturated rings. The molecular formula is C9H14O. The molecule has 2 aliphatic rings. The summed E-state index contributed by atoms with van der Waals surface area (Å²) in [6, 6.07) is 0. The average Bonchev–Trinajstić information content (AvgIpc) is 1.86. The van der Waals surface area contributed by atoms with Crippen molar-refractivity contribution >= 4 is 5.78 Å². The number of hydrogen-bond donors (Lipinski definition) is 0. The summed E-state index contributed by atoms with van der Waals surface area (Å²) in [6.07, 6.45) is 7.37. The second-order valence-electron chi connectivity index (χ2n) is 3.66. The molecule has 2 aliphatic carbocycles. The Labute approximate surface area is 61.8 Å². The van der Waals surface area contributed by atoms with Gasteiger partial charge in [0.05, 0.1) is 0 Å². The molecule has 0 aromatic rings. The number of hydrogen-bond acceptors (Lipinski definition) is 1. The van der Waals surface area contributed by atoms with Crippen LogP contribution in [0.25, 0.3) is 0 Å². The highest BCUT2D eigenvalue weighted by Gasteiger charge is 2.33. The van der Waals surface area contributed by atoms with Crippen molar-refractivity contribution in [3.63, 3.8) is 0 Å². The first-order valence-electron chi connectivity index (χ1n) is 4.41. The zero-order valence-corrected chi connectivity index (χ0v) is 6.31. The van der Waals surface area contributed by atoms with Gasteiger partial charge in [0.2, 0.25) is 0 Å². The topological polar surface area (TPSA) is 17.1 Å². The maximum Gasteiger partial charge on any atom is 0.139 e. The van der Waals surface area contributed by atoms with Gasteiger partial charge in [-0.2, -0.15) is 0 Å². The van der Waals surface area contributed by atoms with Gasteiger partial charge in [-0.1, -0.05) is 12.8 Å². The highest BCUT2D eigenvalue weighted by atomic mass is 16.1. The van der Waals surface area contributed by atoms with Crippen LogP contribution in [0, 0.1) is 11.8 Å². The molecule has 2 bridgehead atoms. The molecule has 0 N–H and O–H groups in total. The zero-order chi connectivity index (χ0) is 6.97. The first-order valence-corrected chi connectivity index (χ1v) is 4.41. The molecule has 2 saturated carbocycles. The van der Waals surface area contributed by atoms with Crippen molar-refractivity contribution in [3.05, 3.63) is 0 Å². The molecule has 0 spiro atoms.